The number of nitrogens with two attached hydrogens (primary N) is 1. The monoisotopic (exact) mass is 443 g/mol. The van der Waals surface area contributed by atoms with Gasteiger partial charge in [0.25, 0.3) is 5.91 Å². The molecule has 3 rings (SSSR count). The van der Waals surface area contributed by atoms with E-state index >= 15 is 0 Å². The zero-order valence-electron chi connectivity index (χ0n) is 19.2. The maximum absolute atomic E-state index is 12.7. The van der Waals surface area contributed by atoms with Gasteiger partial charge in [-0.25, -0.2) is 9.98 Å². The number of carbonyl (C=O) groups is 1. The molecule has 0 bridgehead atoms. The number of nitrogens with one attached hydrogen (secondary N) is 1. The van der Waals surface area contributed by atoms with Crippen LogP contribution in [0.5, 0.6) is 0 Å². The second-order valence-corrected chi connectivity index (χ2v) is 7.57. The van der Waals surface area contributed by atoms with Crippen molar-refractivity contribution < 1.29 is 4.79 Å². The fraction of sp³-hybridized carbons (Fsp3) is 0.240. The van der Waals surface area contributed by atoms with Crippen LogP contribution in [0.2, 0.25) is 0 Å². The highest BCUT2D eigenvalue weighted by molar-refractivity contribution is 5.94. The summed E-state index contributed by atoms with van der Waals surface area (Å²) in [5.41, 5.74) is 9.74. The maximum Gasteiger partial charge on any atom is 0.273 e. The molecule has 8 nitrogen and oxygen atoms in total. The minimum absolute atomic E-state index is 0.0113. The molecule has 1 aromatic carbocycles. The number of benzene rings is 1. The third-order valence-corrected chi connectivity index (χ3v) is 5.22. The van der Waals surface area contributed by atoms with Crippen LogP contribution in [0.4, 0.5) is 5.82 Å². The lowest BCUT2D eigenvalue weighted by molar-refractivity contribution is -0.117. The largest absolute Gasteiger partial charge is 0.382 e. The van der Waals surface area contributed by atoms with Crippen LogP contribution in [0.1, 0.15) is 23.7 Å². The molecule has 0 spiro atoms. The van der Waals surface area contributed by atoms with Gasteiger partial charge in [-0.3, -0.25) is 14.8 Å². The van der Waals surface area contributed by atoms with E-state index in [1.807, 2.05) is 50.4 Å². The molecular formula is C25H29N7O. The van der Waals surface area contributed by atoms with Crippen molar-refractivity contribution in [1.29, 1.82) is 0 Å². The summed E-state index contributed by atoms with van der Waals surface area (Å²) in [4.78, 5) is 31.8. The number of aliphatic imine (C=N–C) groups is 2. The van der Waals surface area contributed by atoms with Gasteiger partial charge in [-0.1, -0.05) is 24.3 Å². The first-order chi connectivity index (χ1) is 15.9. The summed E-state index contributed by atoms with van der Waals surface area (Å²) in [6.45, 7) is 8.16. The first kappa shape index (κ1) is 23.6. The number of pyridine rings is 2. The zero-order chi connectivity index (χ0) is 23.8. The Kier molecular flexibility index (Phi) is 7.86. The number of nitrogens with zero attached hydrogens (tertiary/aromatic N) is 5. The van der Waals surface area contributed by atoms with Gasteiger partial charge in [0.05, 0.1) is 5.52 Å². The minimum Gasteiger partial charge on any atom is -0.382 e. The summed E-state index contributed by atoms with van der Waals surface area (Å²) < 4.78 is 0. The molecule has 0 radical (unpaired) electrons. The fourth-order valence-corrected chi connectivity index (χ4v) is 3.50. The molecule has 0 atom stereocenters. The van der Waals surface area contributed by atoms with Gasteiger partial charge < -0.3 is 16.0 Å². The van der Waals surface area contributed by atoms with E-state index in [0.717, 1.165) is 46.5 Å². The Balaban J connectivity index is 1.90. The van der Waals surface area contributed by atoms with Crippen LogP contribution in [0.25, 0.3) is 10.9 Å². The molecule has 0 fully saturated rings. The molecule has 0 unspecified atom stereocenters. The van der Waals surface area contributed by atoms with Crippen LogP contribution in [0.15, 0.2) is 70.2 Å². The Morgan fingerprint density at radius 2 is 2.09 bits per heavy atom. The number of aryl methyl sites for hydroxylation is 1. The highest BCUT2D eigenvalue weighted by atomic mass is 16.2. The van der Waals surface area contributed by atoms with E-state index in [4.69, 9.17) is 10.7 Å². The molecule has 2 aromatic heterocycles. The highest BCUT2D eigenvalue weighted by Crippen LogP contribution is 2.25. The van der Waals surface area contributed by atoms with E-state index in [9.17, 15) is 4.79 Å². The molecule has 0 saturated heterocycles. The summed E-state index contributed by atoms with van der Waals surface area (Å²) >= 11 is 0. The number of hydrogen-bond donors (Lipinski definition) is 2. The minimum atomic E-state index is -0.445. The van der Waals surface area contributed by atoms with Gasteiger partial charge in [0, 0.05) is 55.6 Å². The van der Waals surface area contributed by atoms with Crippen LogP contribution in [0, 0.1) is 6.92 Å². The lowest BCUT2D eigenvalue weighted by atomic mass is 10.1. The zero-order valence-corrected chi connectivity index (χ0v) is 19.2. The number of hydrogen-bond acceptors (Lipinski definition) is 7. The van der Waals surface area contributed by atoms with E-state index in [0.29, 0.717) is 0 Å². The molecule has 170 valence electrons. The smallest absolute Gasteiger partial charge is 0.273 e. The van der Waals surface area contributed by atoms with Crippen LogP contribution in [0.3, 0.4) is 0 Å². The molecule has 3 aromatic rings. The number of aromatic nitrogens is 2. The van der Waals surface area contributed by atoms with Crippen molar-refractivity contribution in [3.05, 3.63) is 77.0 Å². The average molecular weight is 444 g/mol. The fourth-order valence-electron chi connectivity index (χ4n) is 3.50. The predicted octanol–water partition coefficient (Wildman–Crippen LogP) is 3.15. The number of likely N-dealkylation sites (N-methyl/N-ethyl adjacent to an activating group) is 1. The summed E-state index contributed by atoms with van der Waals surface area (Å²) in [5, 5.41) is 3.88. The molecule has 0 aliphatic heterocycles. The third-order valence-electron chi connectivity index (χ3n) is 5.22. The maximum atomic E-state index is 12.7. The molecule has 2 heterocycles. The number of carbonyl (C=O) groups excluding carboxylic acids is 1. The lowest BCUT2D eigenvalue weighted by Crippen LogP contribution is -2.28. The van der Waals surface area contributed by atoms with Crippen LogP contribution in [-0.4, -0.2) is 42.4 Å². The number of amides is 1. The number of fused-ring (bicyclic) bond motifs is 1. The third kappa shape index (κ3) is 5.79. The SMILES string of the molecule is C=N/C(C(=O)NCc1cc2cccc(C)c2nc1N(C)CCc1ccccn1)=C(N)\N=C/C. The van der Waals surface area contributed by atoms with Crippen molar-refractivity contribution in [2.24, 2.45) is 15.7 Å². The Hall–Kier alpha value is -4.07. The van der Waals surface area contributed by atoms with Gasteiger partial charge in [0.2, 0.25) is 0 Å². The van der Waals surface area contributed by atoms with Gasteiger partial charge >= 0.3 is 0 Å². The second kappa shape index (κ2) is 11.0. The van der Waals surface area contributed by atoms with Crippen LogP contribution < -0.4 is 16.0 Å². The Bertz CT molecular complexity index is 1200. The topological polar surface area (TPSA) is 109 Å². The summed E-state index contributed by atoms with van der Waals surface area (Å²) in [6.07, 6.45) is 4.06. The van der Waals surface area contributed by atoms with E-state index < -0.39 is 5.91 Å². The lowest BCUT2D eigenvalue weighted by Gasteiger charge is -2.22. The van der Waals surface area contributed by atoms with Crippen molar-refractivity contribution in [2.75, 3.05) is 18.5 Å². The van der Waals surface area contributed by atoms with Crippen molar-refractivity contribution >= 4 is 35.6 Å². The second-order valence-electron chi connectivity index (χ2n) is 7.57. The number of anilines is 1. The van der Waals surface area contributed by atoms with Crippen molar-refractivity contribution in [1.82, 2.24) is 15.3 Å². The molecule has 0 aliphatic carbocycles. The van der Waals surface area contributed by atoms with E-state index in [1.165, 1.54) is 6.21 Å². The van der Waals surface area contributed by atoms with Gasteiger partial charge in [0.15, 0.2) is 11.5 Å². The molecule has 0 aliphatic rings. The summed E-state index contributed by atoms with van der Waals surface area (Å²) in [7, 11) is 1.99. The van der Waals surface area contributed by atoms with Crippen molar-refractivity contribution in [3.63, 3.8) is 0 Å². The Labute approximate surface area is 194 Å². The van der Waals surface area contributed by atoms with Crippen molar-refractivity contribution in [3.8, 4) is 0 Å². The van der Waals surface area contributed by atoms with Crippen LogP contribution in [-0.2, 0) is 17.8 Å². The van der Waals surface area contributed by atoms with E-state index in [-0.39, 0.29) is 18.1 Å². The number of para-hydroxylation sites is 1. The van der Waals surface area contributed by atoms with Gasteiger partial charge in [-0.05, 0) is 44.3 Å². The van der Waals surface area contributed by atoms with E-state index in [1.54, 1.807) is 13.1 Å². The summed E-state index contributed by atoms with van der Waals surface area (Å²) in [6, 6.07) is 14.0. The number of rotatable bonds is 9. The van der Waals surface area contributed by atoms with E-state index in [2.05, 4.69) is 38.0 Å². The Morgan fingerprint density at radius 3 is 2.79 bits per heavy atom. The first-order valence-electron chi connectivity index (χ1n) is 10.7. The first-order valence-corrected chi connectivity index (χ1v) is 10.7. The van der Waals surface area contributed by atoms with Gasteiger partial charge in [-0.15, -0.1) is 0 Å². The molecule has 3 N–H and O–H groups in total. The standard InChI is InChI=1S/C25H29N7O/c1-5-28-23(26)22(27-3)25(33)30-16-19-15-18-10-8-9-17(2)21(18)31-24(19)32(4)14-12-20-11-6-7-13-29-20/h5-11,13,15H,3,12,14,16,26H2,1-2,4H3,(H,30,33)/b23-22-,28-5-. The molecule has 1 amide bonds. The predicted molar refractivity (Wildman–Crippen MR) is 134 cm³/mol. The molecule has 0 saturated carbocycles. The average Bonchev–Trinajstić information content (AvgIpc) is 2.82. The molecule has 8 heteroatoms. The summed E-state index contributed by atoms with van der Waals surface area (Å²) in [5.74, 6) is 0.370. The highest BCUT2D eigenvalue weighted by Gasteiger charge is 2.16. The quantitative estimate of drug-likeness (QED) is 0.390. The normalized spacial score (nSPS) is 12.0. The van der Waals surface area contributed by atoms with Gasteiger partial charge in [0.1, 0.15) is 5.82 Å². The molecule has 33 heavy (non-hydrogen) atoms. The van der Waals surface area contributed by atoms with Crippen molar-refractivity contribution in [2.45, 2.75) is 26.8 Å². The van der Waals surface area contributed by atoms with Gasteiger partial charge in [-0.2, -0.15) is 0 Å². The molecular weight excluding hydrogens is 414 g/mol. The van der Waals surface area contributed by atoms with Crippen LogP contribution >= 0.6 is 0 Å². The Morgan fingerprint density at radius 1 is 1.27 bits per heavy atom.